The number of nitrogens with two attached hydrogens (primary N) is 1. The van der Waals surface area contributed by atoms with Gasteiger partial charge in [0, 0.05) is 26.7 Å². The Morgan fingerprint density at radius 1 is 1.55 bits per heavy atom. The smallest absolute Gasteiger partial charge is 0.267 e. The van der Waals surface area contributed by atoms with E-state index >= 15 is 0 Å². The molecule has 22 heavy (non-hydrogen) atoms. The van der Waals surface area contributed by atoms with Gasteiger partial charge in [0.15, 0.2) is 0 Å². The molecule has 124 valence electrons. The fraction of sp³-hybridized carbons (Fsp3) is 0.692. The van der Waals surface area contributed by atoms with Crippen LogP contribution in [0.5, 0.6) is 0 Å². The molecule has 7 nitrogen and oxygen atoms in total. The number of aromatic nitrogens is 1. The Balaban J connectivity index is 2.04. The number of nitrogens with zero attached hydrogens (tertiary/aromatic N) is 3. The van der Waals surface area contributed by atoms with Gasteiger partial charge >= 0.3 is 0 Å². The highest BCUT2D eigenvalue weighted by Gasteiger charge is 2.29. The summed E-state index contributed by atoms with van der Waals surface area (Å²) in [6.07, 6.45) is 2.98. The maximum absolute atomic E-state index is 12.5. The Morgan fingerprint density at radius 2 is 2.23 bits per heavy atom. The van der Waals surface area contributed by atoms with Gasteiger partial charge in [-0.15, -0.1) is 0 Å². The van der Waals surface area contributed by atoms with Crippen molar-refractivity contribution >= 4 is 33.2 Å². The molecule has 1 amide bonds. The lowest BCUT2D eigenvalue weighted by Gasteiger charge is -2.34. The fourth-order valence-electron chi connectivity index (χ4n) is 2.57. The molecule has 1 saturated heterocycles. The molecule has 0 saturated carbocycles. The number of anilines is 1. The van der Waals surface area contributed by atoms with Crippen LogP contribution in [-0.2, 0) is 10.0 Å². The summed E-state index contributed by atoms with van der Waals surface area (Å²) in [5.74, 6) is 0.0440. The molecule has 2 rings (SSSR count). The number of likely N-dealkylation sites (tertiary alicyclic amines) is 1. The van der Waals surface area contributed by atoms with Crippen LogP contribution in [0.25, 0.3) is 0 Å². The molecule has 1 aliphatic rings. The zero-order chi connectivity index (χ0) is 16.5. The van der Waals surface area contributed by atoms with Gasteiger partial charge in [-0.25, -0.2) is 12.7 Å². The number of amides is 1. The maximum Gasteiger partial charge on any atom is 0.267 e. The first-order valence-electron chi connectivity index (χ1n) is 7.12. The van der Waals surface area contributed by atoms with Crippen LogP contribution in [0.1, 0.15) is 28.2 Å². The lowest BCUT2D eigenvalue weighted by Crippen LogP contribution is -2.44. The topological polar surface area (TPSA) is 96.6 Å². The van der Waals surface area contributed by atoms with Crippen molar-refractivity contribution in [3.63, 3.8) is 0 Å². The summed E-state index contributed by atoms with van der Waals surface area (Å²) in [5.41, 5.74) is 7.02. The van der Waals surface area contributed by atoms with Crippen molar-refractivity contribution in [1.82, 2.24) is 13.6 Å². The number of rotatable bonds is 4. The molecular weight excluding hydrogens is 324 g/mol. The third-order valence-corrected chi connectivity index (χ3v) is 6.21. The van der Waals surface area contributed by atoms with Crippen molar-refractivity contribution in [3.8, 4) is 0 Å². The van der Waals surface area contributed by atoms with Gasteiger partial charge in [0.2, 0.25) is 10.0 Å². The highest BCUT2D eigenvalue weighted by atomic mass is 32.2. The highest BCUT2D eigenvalue weighted by Crippen LogP contribution is 2.25. The minimum atomic E-state index is -3.19. The molecule has 0 radical (unpaired) electrons. The number of hydrogen-bond donors (Lipinski definition) is 1. The summed E-state index contributed by atoms with van der Waals surface area (Å²) in [5, 5.41) is 0. The standard InChI is InChI=1S/C13H22N4O3S2/c1-9-11(14)12(21-15-9)13(18)17-6-4-5-10(8-17)7-16(2)22(3,19)20/h10H,4-8,14H2,1-3H3. The van der Waals surface area contributed by atoms with E-state index in [-0.39, 0.29) is 11.8 Å². The number of nitrogen functional groups attached to an aromatic ring is 1. The second kappa shape index (κ2) is 6.51. The van der Waals surface area contributed by atoms with Crippen LogP contribution in [-0.4, -0.2) is 60.8 Å². The van der Waals surface area contributed by atoms with Gasteiger partial charge in [0.05, 0.1) is 17.6 Å². The highest BCUT2D eigenvalue weighted by molar-refractivity contribution is 7.88. The third-order valence-electron chi connectivity index (χ3n) is 3.99. The van der Waals surface area contributed by atoms with Crippen LogP contribution >= 0.6 is 11.5 Å². The van der Waals surface area contributed by atoms with Gasteiger partial charge in [0.25, 0.3) is 5.91 Å². The van der Waals surface area contributed by atoms with Crippen LogP contribution in [0.3, 0.4) is 0 Å². The molecule has 9 heteroatoms. The number of piperidine rings is 1. The fourth-order valence-corrected chi connectivity index (χ4v) is 3.83. The number of carbonyl (C=O) groups is 1. The van der Waals surface area contributed by atoms with Gasteiger partial charge in [-0.1, -0.05) is 0 Å². The van der Waals surface area contributed by atoms with Crippen molar-refractivity contribution in [2.24, 2.45) is 5.92 Å². The molecule has 0 spiro atoms. The number of hydrogen-bond acceptors (Lipinski definition) is 6. The van der Waals surface area contributed by atoms with Gasteiger partial charge in [0.1, 0.15) is 4.88 Å². The zero-order valence-corrected chi connectivity index (χ0v) is 14.7. The molecule has 0 aliphatic carbocycles. The summed E-state index contributed by atoms with van der Waals surface area (Å²) in [7, 11) is -1.62. The quantitative estimate of drug-likeness (QED) is 0.869. The minimum absolute atomic E-state index is 0.102. The van der Waals surface area contributed by atoms with Gasteiger partial charge in [-0.2, -0.15) is 4.37 Å². The SMILES string of the molecule is Cc1nsc(C(=O)N2CCCC(CN(C)S(C)(=O)=O)C2)c1N. The predicted molar refractivity (Wildman–Crippen MR) is 87.4 cm³/mol. The van der Waals surface area contributed by atoms with Crippen LogP contribution < -0.4 is 5.73 Å². The van der Waals surface area contributed by atoms with Crippen molar-refractivity contribution in [2.45, 2.75) is 19.8 Å². The molecule has 1 unspecified atom stereocenters. The van der Waals surface area contributed by atoms with E-state index in [1.807, 2.05) is 0 Å². The van der Waals surface area contributed by atoms with Crippen molar-refractivity contribution in [3.05, 3.63) is 10.6 Å². The summed E-state index contributed by atoms with van der Waals surface area (Å²) in [6, 6.07) is 0. The Labute approximate surface area is 135 Å². The van der Waals surface area contributed by atoms with Crippen LogP contribution in [0, 0.1) is 12.8 Å². The van der Waals surface area contributed by atoms with E-state index in [1.54, 1.807) is 18.9 Å². The lowest BCUT2D eigenvalue weighted by atomic mass is 9.98. The van der Waals surface area contributed by atoms with Crippen LogP contribution in [0.15, 0.2) is 0 Å². The average Bonchev–Trinajstić information content (AvgIpc) is 2.77. The van der Waals surface area contributed by atoms with E-state index in [0.717, 1.165) is 24.4 Å². The van der Waals surface area contributed by atoms with Crippen molar-refractivity contribution < 1.29 is 13.2 Å². The zero-order valence-electron chi connectivity index (χ0n) is 13.1. The monoisotopic (exact) mass is 346 g/mol. The molecule has 0 aromatic carbocycles. The first-order chi connectivity index (χ1) is 10.2. The first-order valence-corrected chi connectivity index (χ1v) is 9.74. The van der Waals surface area contributed by atoms with Gasteiger partial charge < -0.3 is 10.6 Å². The molecule has 1 fully saturated rings. The second-order valence-electron chi connectivity index (χ2n) is 5.81. The van der Waals surface area contributed by atoms with Crippen LogP contribution in [0.4, 0.5) is 5.69 Å². The van der Waals surface area contributed by atoms with E-state index in [0.29, 0.717) is 35.9 Å². The molecule has 1 aliphatic heterocycles. The second-order valence-corrected chi connectivity index (χ2v) is 8.68. The molecule has 2 N–H and O–H groups in total. The average molecular weight is 346 g/mol. The van der Waals surface area contributed by atoms with Gasteiger partial charge in [-0.3, -0.25) is 4.79 Å². The number of aryl methyl sites for hydroxylation is 1. The summed E-state index contributed by atoms with van der Waals surface area (Å²) in [6.45, 7) is 3.44. The van der Waals surface area contributed by atoms with E-state index < -0.39 is 10.0 Å². The number of carbonyl (C=O) groups excluding carboxylic acids is 1. The third kappa shape index (κ3) is 3.76. The summed E-state index contributed by atoms with van der Waals surface area (Å²) < 4.78 is 28.5. The minimum Gasteiger partial charge on any atom is -0.396 e. The Morgan fingerprint density at radius 3 is 2.77 bits per heavy atom. The van der Waals surface area contributed by atoms with Crippen molar-refractivity contribution in [1.29, 1.82) is 0 Å². The summed E-state index contributed by atoms with van der Waals surface area (Å²) >= 11 is 1.12. The van der Waals surface area contributed by atoms with E-state index in [9.17, 15) is 13.2 Å². The predicted octanol–water partition coefficient (Wildman–Crippen LogP) is 0.777. The number of sulfonamides is 1. The normalized spacial score (nSPS) is 19.6. The maximum atomic E-state index is 12.5. The van der Waals surface area contributed by atoms with Crippen molar-refractivity contribution in [2.75, 3.05) is 38.7 Å². The summed E-state index contributed by atoms with van der Waals surface area (Å²) in [4.78, 5) is 14.8. The first kappa shape index (κ1) is 17.2. The van der Waals surface area contributed by atoms with E-state index in [2.05, 4.69) is 4.37 Å². The Bertz CT molecular complexity index is 656. The van der Waals surface area contributed by atoms with Crippen LogP contribution in [0.2, 0.25) is 0 Å². The molecule has 2 heterocycles. The molecule has 0 bridgehead atoms. The Hall–Kier alpha value is -1.19. The molecule has 1 atom stereocenters. The Kier molecular flexibility index (Phi) is 5.08. The molecular formula is C13H22N4O3S2. The lowest BCUT2D eigenvalue weighted by molar-refractivity contribution is 0.0670. The van der Waals surface area contributed by atoms with E-state index in [4.69, 9.17) is 5.73 Å². The van der Waals surface area contributed by atoms with Gasteiger partial charge in [-0.05, 0) is 37.2 Å². The molecule has 1 aromatic rings. The molecule has 1 aromatic heterocycles. The van der Waals surface area contributed by atoms with E-state index in [1.165, 1.54) is 10.6 Å². The largest absolute Gasteiger partial charge is 0.396 e.